The molecule has 2 heterocycles. The normalized spacial score (nSPS) is 11.9. The highest BCUT2D eigenvalue weighted by Gasteiger charge is 2.20. The van der Waals surface area contributed by atoms with Gasteiger partial charge in [-0.2, -0.15) is 0 Å². The minimum absolute atomic E-state index is 0.158. The molecule has 30 heavy (non-hydrogen) atoms. The van der Waals surface area contributed by atoms with Gasteiger partial charge in [0, 0.05) is 23.4 Å². The largest absolute Gasteiger partial charge is 0.480 e. The minimum atomic E-state index is -0.997. The highest BCUT2D eigenvalue weighted by Crippen LogP contribution is 2.40. The molecule has 0 aliphatic rings. The van der Waals surface area contributed by atoms with Crippen molar-refractivity contribution in [1.29, 1.82) is 0 Å². The topological polar surface area (TPSA) is 104 Å². The third-order valence-electron chi connectivity index (χ3n) is 4.85. The van der Waals surface area contributed by atoms with Crippen LogP contribution in [0.4, 0.5) is 5.82 Å². The number of aromatic nitrogens is 2. The number of carboxylic acid groups (broad SMARTS) is 1. The molecular formula is C22H26N4O3S. The Morgan fingerprint density at radius 1 is 1.20 bits per heavy atom. The average Bonchev–Trinajstić information content (AvgIpc) is 3.08. The molecule has 0 aliphatic heterocycles. The summed E-state index contributed by atoms with van der Waals surface area (Å²) in [5, 5.41) is 16.0. The number of anilines is 1. The molecule has 0 spiro atoms. The van der Waals surface area contributed by atoms with Crippen LogP contribution >= 0.6 is 11.3 Å². The van der Waals surface area contributed by atoms with Crippen molar-refractivity contribution in [2.24, 2.45) is 0 Å². The second-order valence-corrected chi connectivity index (χ2v) is 8.28. The van der Waals surface area contributed by atoms with E-state index in [2.05, 4.69) is 39.7 Å². The number of carboxylic acids is 1. The molecule has 0 saturated carbocycles. The predicted octanol–water partition coefficient (Wildman–Crippen LogP) is 4.23. The van der Waals surface area contributed by atoms with Crippen molar-refractivity contribution in [3.63, 3.8) is 0 Å². The van der Waals surface area contributed by atoms with E-state index in [-0.39, 0.29) is 12.3 Å². The Balaban J connectivity index is 1.71. The number of aryl methyl sites for hydroxylation is 1. The first kappa shape index (κ1) is 21.7. The Bertz CT molecular complexity index is 1020. The van der Waals surface area contributed by atoms with Crippen molar-refractivity contribution in [3.8, 4) is 11.1 Å². The van der Waals surface area contributed by atoms with Gasteiger partial charge in [-0.1, -0.05) is 50.1 Å². The zero-order chi connectivity index (χ0) is 21.5. The highest BCUT2D eigenvalue weighted by atomic mass is 32.1. The molecule has 0 bridgehead atoms. The summed E-state index contributed by atoms with van der Waals surface area (Å²) in [7, 11) is 0. The molecule has 1 atom stereocenters. The monoisotopic (exact) mass is 426 g/mol. The Morgan fingerprint density at radius 3 is 2.67 bits per heavy atom. The second-order valence-electron chi connectivity index (χ2n) is 7.08. The molecule has 2 aromatic heterocycles. The summed E-state index contributed by atoms with van der Waals surface area (Å²) < 4.78 is 0. The van der Waals surface area contributed by atoms with Gasteiger partial charge in [0.15, 0.2) is 0 Å². The fourth-order valence-electron chi connectivity index (χ4n) is 3.36. The predicted molar refractivity (Wildman–Crippen MR) is 120 cm³/mol. The van der Waals surface area contributed by atoms with Crippen LogP contribution in [0, 0.1) is 6.92 Å². The van der Waals surface area contributed by atoms with Crippen molar-refractivity contribution in [1.82, 2.24) is 15.3 Å². The van der Waals surface area contributed by atoms with Gasteiger partial charge in [0.2, 0.25) is 5.91 Å². The maximum absolute atomic E-state index is 12.2. The van der Waals surface area contributed by atoms with Crippen molar-refractivity contribution in [3.05, 3.63) is 41.5 Å². The zero-order valence-corrected chi connectivity index (χ0v) is 18.0. The number of unbranched alkanes of at least 4 members (excludes halogenated alkanes) is 1. The van der Waals surface area contributed by atoms with Gasteiger partial charge in [0.05, 0.1) is 5.39 Å². The zero-order valence-electron chi connectivity index (χ0n) is 17.1. The number of fused-ring (bicyclic) bond motifs is 1. The van der Waals surface area contributed by atoms with Crippen LogP contribution < -0.4 is 10.6 Å². The van der Waals surface area contributed by atoms with Gasteiger partial charge in [-0.25, -0.2) is 14.8 Å². The molecule has 0 aliphatic carbocycles. The molecule has 7 nitrogen and oxygen atoms in total. The fourth-order valence-corrected chi connectivity index (χ4v) is 4.37. The molecule has 1 aromatic carbocycles. The number of amides is 1. The molecular weight excluding hydrogens is 400 g/mol. The second kappa shape index (κ2) is 10.2. The smallest absolute Gasteiger partial charge is 0.326 e. The van der Waals surface area contributed by atoms with E-state index in [0.29, 0.717) is 18.8 Å². The van der Waals surface area contributed by atoms with Crippen molar-refractivity contribution >= 4 is 39.2 Å². The van der Waals surface area contributed by atoms with E-state index < -0.39 is 12.0 Å². The van der Waals surface area contributed by atoms with E-state index in [4.69, 9.17) is 0 Å². The molecule has 1 amide bonds. The van der Waals surface area contributed by atoms with Gasteiger partial charge >= 0.3 is 5.97 Å². The number of benzene rings is 1. The maximum atomic E-state index is 12.2. The Labute approximate surface area is 179 Å². The maximum Gasteiger partial charge on any atom is 0.326 e. The quantitative estimate of drug-likeness (QED) is 0.448. The van der Waals surface area contributed by atoms with Crippen LogP contribution in [-0.4, -0.2) is 39.5 Å². The molecule has 8 heteroatoms. The number of carbonyl (C=O) groups is 2. The molecule has 3 N–H and O–H groups in total. The molecule has 0 radical (unpaired) electrons. The first-order valence-electron chi connectivity index (χ1n) is 10.1. The van der Waals surface area contributed by atoms with Crippen LogP contribution in [0.3, 0.4) is 0 Å². The summed E-state index contributed by atoms with van der Waals surface area (Å²) >= 11 is 1.61. The molecule has 158 valence electrons. The number of thiophene rings is 1. The number of nitrogens with one attached hydrogen (secondary N) is 2. The Kier molecular flexibility index (Phi) is 7.35. The molecule has 0 saturated heterocycles. The van der Waals surface area contributed by atoms with E-state index >= 15 is 0 Å². The lowest BCUT2D eigenvalue weighted by Gasteiger charge is -2.14. The average molecular weight is 427 g/mol. The van der Waals surface area contributed by atoms with Gasteiger partial charge in [0.25, 0.3) is 0 Å². The lowest BCUT2D eigenvalue weighted by molar-refractivity contribution is -0.142. The van der Waals surface area contributed by atoms with Crippen molar-refractivity contribution < 1.29 is 14.7 Å². The van der Waals surface area contributed by atoms with Crippen molar-refractivity contribution in [2.75, 3.05) is 11.9 Å². The molecule has 3 rings (SSSR count). The first-order valence-corrected chi connectivity index (χ1v) is 10.9. The standard InChI is InChI=1S/C22H26N4O3S/c1-3-4-10-16(22(28)29)26-17(27)11-12-23-20-19-18(15-8-6-5-7-9-15)14(2)30-21(19)25-13-24-20/h5-9,13,16H,3-4,10-12H2,1-2H3,(H,26,27)(H,28,29)(H,23,24,25). The van der Waals surface area contributed by atoms with E-state index in [9.17, 15) is 14.7 Å². The number of aliphatic carboxylic acids is 1. The summed E-state index contributed by atoms with van der Waals surface area (Å²) in [4.78, 5) is 34.4. The Morgan fingerprint density at radius 2 is 1.97 bits per heavy atom. The van der Waals surface area contributed by atoms with Crippen LogP contribution in [0.15, 0.2) is 36.7 Å². The number of hydrogen-bond donors (Lipinski definition) is 3. The lowest BCUT2D eigenvalue weighted by atomic mass is 10.0. The SMILES string of the molecule is CCCCC(NC(=O)CCNc1ncnc2sc(C)c(-c3ccccc3)c12)C(=O)O. The van der Waals surface area contributed by atoms with E-state index in [1.165, 1.54) is 6.33 Å². The molecule has 1 unspecified atom stereocenters. The van der Waals surface area contributed by atoms with E-state index in [0.717, 1.165) is 39.1 Å². The van der Waals surface area contributed by atoms with Gasteiger partial charge < -0.3 is 15.7 Å². The van der Waals surface area contributed by atoms with Gasteiger partial charge in [-0.3, -0.25) is 4.79 Å². The number of carbonyl (C=O) groups excluding carboxylic acids is 1. The Hall–Kier alpha value is -3.00. The van der Waals surface area contributed by atoms with E-state index in [1.54, 1.807) is 11.3 Å². The summed E-state index contributed by atoms with van der Waals surface area (Å²) in [5.74, 6) is -0.610. The van der Waals surface area contributed by atoms with Gasteiger partial charge in [-0.05, 0) is 18.9 Å². The van der Waals surface area contributed by atoms with Crippen LogP contribution in [-0.2, 0) is 9.59 Å². The van der Waals surface area contributed by atoms with Crippen LogP contribution in [0.2, 0.25) is 0 Å². The van der Waals surface area contributed by atoms with Gasteiger partial charge in [0.1, 0.15) is 23.0 Å². The highest BCUT2D eigenvalue weighted by molar-refractivity contribution is 7.19. The van der Waals surface area contributed by atoms with Crippen LogP contribution in [0.1, 0.15) is 37.5 Å². The van der Waals surface area contributed by atoms with E-state index in [1.807, 2.05) is 25.1 Å². The summed E-state index contributed by atoms with van der Waals surface area (Å²) in [5.41, 5.74) is 2.19. The number of hydrogen-bond acceptors (Lipinski definition) is 6. The third kappa shape index (κ3) is 5.13. The van der Waals surface area contributed by atoms with Gasteiger partial charge in [-0.15, -0.1) is 11.3 Å². The first-order chi connectivity index (χ1) is 14.5. The summed E-state index contributed by atoms with van der Waals surface area (Å²) in [6.07, 6.45) is 3.75. The van der Waals surface area contributed by atoms with Crippen molar-refractivity contribution in [2.45, 2.75) is 45.6 Å². The molecule has 3 aromatic rings. The van der Waals surface area contributed by atoms with Crippen LogP contribution in [0.25, 0.3) is 21.3 Å². The summed E-state index contributed by atoms with van der Waals surface area (Å²) in [6, 6.07) is 9.25. The number of nitrogens with zero attached hydrogens (tertiary/aromatic N) is 2. The summed E-state index contributed by atoms with van der Waals surface area (Å²) in [6.45, 7) is 4.40. The fraction of sp³-hybridized carbons (Fsp3) is 0.364. The minimum Gasteiger partial charge on any atom is -0.480 e. The van der Waals surface area contributed by atoms with Crippen LogP contribution in [0.5, 0.6) is 0 Å². The number of rotatable bonds is 10. The lowest BCUT2D eigenvalue weighted by Crippen LogP contribution is -2.41. The molecule has 0 fully saturated rings. The third-order valence-corrected chi connectivity index (χ3v) is 5.86.